The number of amides is 1. The fourth-order valence-electron chi connectivity index (χ4n) is 2.97. The summed E-state index contributed by atoms with van der Waals surface area (Å²) < 4.78 is 0. The SMILES string of the molecule is O=C(N/N=C/c1ccc(N(CCCl)CCCl)cc1)c1ccc(N(CCCl)CCCl)cc1. The Kier molecular flexibility index (Phi) is 11.9. The van der Waals surface area contributed by atoms with Crippen molar-refractivity contribution >= 4 is 69.9 Å². The molecule has 0 aliphatic heterocycles. The van der Waals surface area contributed by atoms with Crippen LogP contribution in [0.25, 0.3) is 0 Å². The summed E-state index contributed by atoms with van der Waals surface area (Å²) in [6.07, 6.45) is 1.60. The highest BCUT2D eigenvalue weighted by Crippen LogP contribution is 2.16. The number of carbonyl (C=O) groups excluding carboxylic acids is 1. The van der Waals surface area contributed by atoms with Crippen LogP contribution in [-0.2, 0) is 0 Å². The minimum Gasteiger partial charge on any atom is -0.369 e. The second-order valence-corrected chi connectivity index (χ2v) is 8.08. The maximum atomic E-state index is 12.3. The molecule has 0 bridgehead atoms. The van der Waals surface area contributed by atoms with Gasteiger partial charge < -0.3 is 9.80 Å². The molecule has 0 spiro atoms. The third-order valence-corrected chi connectivity index (χ3v) is 5.23. The van der Waals surface area contributed by atoms with Crippen molar-refractivity contribution in [2.75, 3.05) is 59.5 Å². The molecule has 0 saturated carbocycles. The van der Waals surface area contributed by atoms with Gasteiger partial charge in [0, 0.05) is 66.6 Å². The molecule has 1 amide bonds. The van der Waals surface area contributed by atoms with Gasteiger partial charge in [-0.15, -0.1) is 46.4 Å². The molecule has 0 aliphatic carbocycles. The minimum absolute atomic E-state index is 0.281. The van der Waals surface area contributed by atoms with E-state index in [1.807, 2.05) is 36.4 Å². The molecule has 31 heavy (non-hydrogen) atoms. The van der Waals surface area contributed by atoms with Crippen molar-refractivity contribution in [2.24, 2.45) is 5.10 Å². The van der Waals surface area contributed by atoms with Crippen molar-refractivity contribution in [1.29, 1.82) is 0 Å². The largest absolute Gasteiger partial charge is 0.369 e. The van der Waals surface area contributed by atoms with Crippen LogP contribution < -0.4 is 15.2 Å². The molecular weight excluding hydrogens is 478 g/mol. The van der Waals surface area contributed by atoms with E-state index in [1.54, 1.807) is 18.3 Å². The molecule has 0 saturated heterocycles. The van der Waals surface area contributed by atoms with Gasteiger partial charge in [-0.05, 0) is 42.0 Å². The third-order valence-electron chi connectivity index (χ3n) is 4.55. The molecule has 0 aromatic heterocycles. The number of carbonyl (C=O) groups is 1. The molecular formula is C22H26Cl4N4O. The highest BCUT2D eigenvalue weighted by atomic mass is 35.5. The van der Waals surface area contributed by atoms with E-state index >= 15 is 0 Å². The summed E-state index contributed by atoms with van der Waals surface area (Å²) in [7, 11) is 0. The van der Waals surface area contributed by atoms with E-state index in [4.69, 9.17) is 46.4 Å². The summed E-state index contributed by atoms with van der Waals surface area (Å²) in [5.41, 5.74) is 5.96. The van der Waals surface area contributed by atoms with E-state index in [0.29, 0.717) is 42.2 Å². The Labute approximate surface area is 203 Å². The molecule has 2 rings (SSSR count). The lowest BCUT2D eigenvalue weighted by molar-refractivity contribution is 0.0955. The summed E-state index contributed by atoms with van der Waals surface area (Å²) >= 11 is 23.4. The predicted octanol–water partition coefficient (Wildman–Crippen LogP) is 5.02. The first-order valence-corrected chi connectivity index (χ1v) is 12.0. The Morgan fingerprint density at radius 1 is 0.742 bits per heavy atom. The van der Waals surface area contributed by atoms with Gasteiger partial charge in [0.25, 0.3) is 5.91 Å². The molecule has 9 heteroatoms. The highest BCUT2D eigenvalue weighted by Gasteiger charge is 2.08. The van der Waals surface area contributed by atoms with Crippen LogP contribution in [0.5, 0.6) is 0 Å². The first-order valence-electron chi connectivity index (χ1n) is 9.90. The van der Waals surface area contributed by atoms with Crippen molar-refractivity contribution in [3.63, 3.8) is 0 Å². The number of hydrogen-bond acceptors (Lipinski definition) is 4. The number of nitrogens with one attached hydrogen (secondary N) is 1. The van der Waals surface area contributed by atoms with Gasteiger partial charge in [-0.1, -0.05) is 12.1 Å². The minimum atomic E-state index is -0.281. The highest BCUT2D eigenvalue weighted by molar-refractivity contribution is 6.19. The molecule has 0 atom stereocenters. The first kappa shape index (κ1) is 25.6. The third kappa shape index (κ3) is 8.41. The molecule has 0 heterocycles. The maximum absolute atomic E-state index is 12.3. The van der Waals surface area contributed by atoms with Crippen molar-refractivity contribution in [1.82, 2.24) is 5.43 Å². The maximum Gasteiger partial charge on any atom is 0.271 e. The molecule has 168 valence electrons. The number of rotatable bonds is 13. The average molecular weight is 504 g/mol. The Morgan fingerprint density at radius 2 is 1.16 bits per heavy atom. The van der Waals surface area contributed by atoms with E-state index in [1.165, 1.54) is 0 Å². The zero-order chi connectivity index (χ0) is 22.5. The average Bonchev–Trinajstić information content (AvgIpc) is 2.79. The van der Waals surface area contributed by atoms with Crippen LogP contribution in [-0.4, -0.2) is 61.8 Å². The van der Waals surface area contributed by atoms with Gasteiger partial charge in [-0.2, -0.15) is 5.10 Å². The lowest BCUT2D eigenvalue weighted by atomic mass is 10.2. The quantitative estimate of drug-likeness (QED) is 0.237. The van der Waals surface area contributed by atoms with Gasteiger partial charge in [0.2, 0.25) is 0 Å². The molecule has 2 aromatic rings. The second kappa shape index (κ2) is 14.4. The van der Waals surface area contributed by atoms with Crippen LogP contribution in [0.4, 0.5) is 11.4 Å². The number of anilines is 2. The molecule has 0 unspecified atom stereocenters. The van der Waals surface area contributed by atoms with E-state index in [2.05, 4.69) is 20.3 Å². The van der Waals surface area contributed by atoms with Crippen molar-refractivity contribution in [3.8, 4) is 0 Å². The monoisotopic (exact) mass is 502 g/mol. The number of hydrazone groups is 1. The number of hydrogen-bond donors (Lipinski definition) is 1. The predicted molar refractivity (Wildman–Crippen MR) is 135 cm³/mol. The van der Waals surface area contributed by atoms with Gasteiger partial charge in [0.1, 0.15) is 0 Å². The van der Waals surface area contributed by atoms with Gasteiger partial charge >= 0.3 is 0 Å². The smallest absolute Gasteiger partial charge is 0.271 e. The summed E-state index contributed by atoms with van der Waals surface area (Å²) in [5, 5.41) is 4.06. The Hall–Kier alpha value is -1.66. The van der Waals surface area contributed by atoms with Gasteiger partial charge in [-0.25, -0.2) is 5.43 Å². The molecule has 0 radical (unpaired) electrons. The summed E-state index contributed by atoms with van der Waals surface area (Å²) in [6.45, 7) is 2.84. The van der Waals surface area contributed by atoms with Gasteiger partial charge in [0.15, 0.2) is 0 Å². The molecule has 0 fully saturated rings. The van der Waals surface area contributed by atoms with Crippen molar-refractivity contribution in [2.45, 2.75) is 0 Å². The standard InChI is InChI=1S/C22H26Cl4N4O/c23-9-13-29(14-10-24)20-5-1-18(2-6-20)17-27-28-22(31)19-3-7-21(8-4-19)30(15-11-25)16-12-26/h1-8,17H,9-16H2,(H,28,31)/b27-17+. The Morgan fingerprint density at radius 3 is 1.58 bits per heavy atom. The zero-order valence-corrected chi connectivity index (χ0v) is 20.1. The van der Waals surface area contributed by atoms with E-state index in [9.17, 15) is 4.79 Å². The number of alkyl halides is 4. The normalized spacial score (nSPS) is 11.0. The lowest BCUT2D eigenvalue weighted by Gasteiger charge is -2.22. The van der Waals surface area contributed by atoms with Gasteiger partial charge in [-0.3, -0.25) is 4.79 Å². The van der Waals surface area contributed by atoms with E-state index in [-0.39, 0.29) is 5.91 Å². The summed E-state index contributed by atoms with van der Waals surface area (Å²) in [4.78, 5) is 16.5. The van der Waals surface area contributed by atoms with Crippen LogP contribution in [0.15, 0.2) is 53.6 Å². The first-order chi connectivity index (χ1) is 15.1. The molecule has 5 nitrogen and oxygen atoms in total. The van der Waals surface area contributed by atoms with Crippen molar-refractivity contribution < 1.29 is 4.79 Å². The number of halogens is 4. The van der Waals surface area contributed by atoms with E-state index in [0.717, 1.165) is 30.0 Å². The summed E-state index contributed by atoms with van der Waals surface area (Å²) in [5.74, 6) is 1.80. The van der Waals surface area contributed by atoms with Crippen LogP contribution in [0.1, 0.15) is 15.9 Å². The van der Waals surface area contributed by atoms with Crippen LogP contribution in [0.2, 0.25) is 0 Å². The fourth-order valence-corrected chi connectivity index (χ4v) is 3.79. The topological polar surface area (TPSA) is 47.9 Å². The van der Waals surface area contributed by atoms with Crippen LogP contribution in [0.3, 0.4) is 0 Å². The number of benzene rings is 2. The molecule has 1 N–H and O–H groups in total. The molecule has 2 aromatic carbocycles. The molecule has 0 aliphatic rings. The van der Waals surface area contributed by atoms with Crippen LogP contribution in [0, 0.1) is 0 Å². The van der Waals surface area contributed by atoms with E-state index < -0.39 is 0 Å². The summed E-state index contributed by atoms with van der Waals surface area (Å²) in [6, 6.07) is 15.1. The Bertz CT molecular complexity index is 803. The lowest BCUT2D eigenvalue weighted by Crippen LogP contribution is -2.27. The van der Waals surface area contributed by atoms with Gasteiger partial charge in [0.05, 0.1) is 6.21 Å². The fraction of sp³-hybridized carbons (Fsp3) is 0.364. The van der Waals surface area contributed by atoms with Crippen molar-refractivity contribution in [3.05, 3.63) is 59.7 Å². The second-order valence-electron chi connectivity index (χ2n) is 6.57. The number of nitrogens with zero attached hydrogens (tertiary/aromatic N) is 3. The van der Waals surface area contributed by atoms with Crippen LogP contribution >= 0.6 is 46.4 Å². The zero-order valence-electron chi connectivity index (χ0n) is 17.1. The Balaban J connectivity index is 1.94.